The van der Waals surface area contributed by atoms with Crippen LogP contribution in [0.25, 0.3) is 0 Å². The van der Waals surface area contributed by atoms with Crippen LogP contribution in [-0.2, 0) is 21.2 Å². The Labute approximate surface area is 128 Å². The van der Waals surface area contributed by atoms with Gasteiger partial charge in [-0.2, -0.15) is 0 Å². The summed E-state index contributed by atoms with van der Waals surface area (Å²) in [5, 5.41) is 2.60. The predicted octanol–water partition coefficient (Wildman–Crippen LogP) is 1.47. The number of rotatable bonds is 7. The Hall–Kier alpha value is -1.18. The van der Waals surface area contributed by atoms with Crippen LogP contribution in [0.1, 0.15) is 19.4 Å². The number of amides is 1. The maximum Gasteiger partial charge on any atom is 0.224 e. The molecule has 118 valence electrons. The minimum absolute atomic E-state index is 0.0487. The first-order valence-electron chi connectivity index (χ1n) is 6.41. The second-order valence-electron chi connectivity index (χ2n) is 4.82. The highest BCUT2D eigenvalue weighted by molar-refractivity contribution is 7.89. The molecule has 0 radical (unpaired) electrons. The van der Waals surface area contributed by atoms with Crippen molar-refractivity contribution in [3.63, 3.8) is 0 Å². The molecule has 21 heavy (non-hydrogen) atoms. The number of halogens is 2. The molecule has 1 rings (SSSR count). The van der Waals surface area contributed by atoms with Crippen LogP contribution in [0, 0.1) is 5.82 Å². The smallest absolute Gasteiger partial charge is 0.224 e. The average molecular weight is 337 g/mol. The van der Waals surface area contributed by atoms with Crippen LogP contribution in [0.2, 0.25) is 5.02 Å². The van der Waals surface area contributed by atoms with E-state index in [1.807, 2.05) is 0 Å². The molecule has 0 heterocycles. The zero-order valence-corrected chi connectivity index (χ0v) is 13.4. The molecule has 0 aliphatic rings. The van der Waals surface area contributed by atoms with Crippen molar-refractivity contribution in [3.8, 4) is 0 Å². The summed E-state index contributed by atoms with van der Waals surface area (Å²) in [5.74, 6) is -1.28. The summed E-state index contributed by atoms with van der Waals surface area (Å²) in [7, 11) is -3.43. The third kappa shape index (κ3) is 6.41. The van der Waals surface area contributed by atoms with Crippen LogP contribution in [0.15, 0.2) is 18.2 Å². The largest absolute Gasteiger partial charge is 0.355 e. The lowest BCUT2D eigenvalue weighted by molar-refractivity contribution is -0.120. The summed E-state index contributed by atoms with van der Waals surface area (Å²) in [6.07, 6.45) is -0.233. The molecule has 0 atom stereocenters. The van der Waals surface area contributed by atoms with E-state index in [2.05, 4.69) is 10.0 Å². The summed E-state index contributed by atoms with van der Waals surface area (Å²) < 4.78 is 39.0. The first kappa shape index (κ1) is 17.9. The summed E-state index contributed by atoms with van der Waals surface area (Å²) in [6.45, 7) is 3.36. The zero-order valence-electron chi connectivity index (χ0n) is 11.8. The van der Waals surface area contributed by atoms with E-state index in [9.17, 15) is 17.6 Å². The summed E-state index contributed by atoms with van der Waals surface area (Å²) >= 11 is 5.81. The normalized spacial score (nSPS) is 11.7. The van der Waals surface area contributed by atoms with E-state index in [0.29, 0.717) is 0 Å². The van der Waals surface area contributed by atoms with Crippen molar-refractivity contribution < 1.29 is 17.6 Å². The number of nitrogens with one attached hydrogen (secondary N) is 2. The van der Waals surface area contributed by atoms with Crippen LogP contribution in [0.5, 0.6) is 0 Å². The first-order chi connectivity index (χ1) is 9.71. The molecular formula is C13H18ClFN2O3S. The van der Waals surface area contributed by atoms with Crippen molar-refractivity contribution in [1.29, 1.82) is 0 Å². The fourth-order valence-corrected chi connectivity index (χ4v) is 3.10. The van der Waals surface area contributed by atoms with Crippen molar-refractivity contribution in [2.24, 2.45) is 0 Å². The standard InChI is InChI=1S/C13H18ClFN2O3S/c1-9(2)17-21(19,20)7-6-16-13(18)8-10-11(14)4-3-5-12(10)15/h3-5,9,17H,6-8H2,1-2H3,(H,16,18). The third-order valence-electron chi connectivity index (χ3n) is 2.51. The zero-order chi connectivity index (χ0) is 16.0. The Balaban J connectivity index is 2.49. The molecule has 0 aliphatic heterocycles. The Morgan fingerprint density at radius 2 is 2.05 bits per heavy atom. The molecule has 8 heteroatoms. The van der Waals surface area contributed by atoms with Gasteiger partial charge in [0.05, 0.1) is 12.2 Å². The number of carbonyl (C=O) groups is 1. The molecule has 1 aromatic carbocycles. The van der Waals surface area contributed by atoms with E-state index < -0.39 is 21.7 Å². The van der Waals surface area contributed by atoms with Gasteiger partial charge in [0.2, 0.25) is 15.9 Å². The lowest BCUT2D eigenvalue weighted by Crippen LogP contribution is -2.37. The fourth-order valence-electron chi connectivity index (χ4n) is 1.67. The number of sulfonamides is 1. The molecule has 0 saturated carbocycles. The molecule has 0 bridgehead atoms. The van der Waals surface area contributed by atoms with Gasteiger partial charge >= 0.3 is 0 Å². The van der Waals surface area contributed by atoms with Crippen LogP contribution < -0.4 is 10.0 Å². The van der Waals surface area contributed by atoms with E-state index in [0.717, 1.165) is 0 Å². The van der Waals surface area contributed by atoms with Gasteiger partial charge in [0.1, 0.15) is 5.82 Å². The van der Waals surface area contributed by atoms with E-state index in [4.69, 9.17) is 11.6 Å². The van der Waals surface area contributed by atoms with E-state index >= 15 is 0 Å². The van der Waals surface area contributed by atoms with Gasteiger partial charge in [-0.05, 0) is 26.0 Å². The minimum atomic E-state index is -3.43. The van der Waals surface area contributed by atoms with Crippen molar-refractivity contribution >= 4 is 27.5 Å². The Bertz CT molecular complexity index is 585. The van der Waals surface area contributed by atoms with Crippen LogP contribution in [0.4, 0.5) is 4.39 Å². The van der Waals surface area contributed by atoms with Crippen LogP contribution in [-0.4, -0.2) is 32.7 Å². The second kappa shape index (κ2) is 7.72. The lowest BCUT2D eigenvalue weighted by atomic mass is 10.1. The number of hydrogen-bond donors (Lipinski definition) is 2. The molecule has 0 unspecified atom stereocenters. The molecule has 0 spiro atoms. The molecule has 0 aliphatic carbocycles. The number of benzene rings is 1. The lowest BCUT2D eigenvalue weighted by Gasteiger charge is -2.10. The summed E-state index contributed by atoms with van der Waals surface area (Å²) in [4.78, 5) is 11.7. The SMILES string of the molecule is CC(C)NS(=O)(=O)CCNC(=O)Cc1c(F)cccc1Cl. The molecule has 5 nitrogen and oxygen atoms in total. The van der Waals surface area contributed by atoms with Gasteiger partial charge in [-0.3, -0.25) is 4.79 Å². The highest BCUT2D eigenvalue weighted by Gasteiger charge is 2.14. The van der Waals surface area contributed by atoms with E-state index in [-0.39, 0.29) is 35.3 Å². The predicted molar refractivity (Wildman–Crippen MR) is 80.2 cm³/mol. The van der Waals surface area contributed by atoms with Gasteiger partial charge in [-0.15, -0.1) is 0 Å². The fraction of sp³-hybridized carbons (Fsp3) is 0.462. The second-order valence-corrected chi connectivity index (χ2v) is 7.10. The minimum Gasteiger partial charge on any atom is -0.355 e. The third-order valence-corrected chi connectivity index (χ3v) is 4.43. The highest BCUT2D eigenvalue weighted by atomic mass is 35.5. The summed E-state index contributed by atoms with van der Waals surface area (Å²) in [5.41, 5.74) is 0.0971. The molecule has 0 aromatic heterocycles. The molecule has 1 amide bonds. The summed E-state index contributed by atoms with van der Waals surface area (Å²) in [6, 6.07) is 3.95. The molecule has 2 N–H and O–H groups in total. The van der Waals surface area contributed by atoms with Gasteiger partial charge in [0.25, 0.3) is 0 Å². The van der Waals surface area contributed by atoms with Gasteiger partial charge in [-0.1, -0.05) is 17.7 Å². The molecule has 0 saturated heterocycles. The number of carbonyl (C=O) groups excluding carboxylic acids is 1. The maximum absolute atomic E-state index is 13.5. The van der Waals surface area contributed by atoms with Crippen molar-refractivity contribution in [3.05, 3.63) is 34.6 Å². The van der Waals surface area contributed by atoms with Gasteiger partial charge in [-0.25, -0.2) is 17.5 Å². The van der Waals surface area contributed by atoms with Gasteiger partial charge < -0.3 is 5.32 Å². The monoisotopic (exact) mass is 336 g/mol. The Kier molecular flexibility index (Phi) is 6.57. The van der Waals surface area contributed by atoms with Crippen LogP contribution >= 0.6 is 11.6 Å². The van der Waals surface area contributed by atoms with Crippen LogP contribution in [0.3, 0.4) is 0 Å². The Morgan fingerprint density at radius 1 is 1.38 bits per heavy atom. The van der Waals surface area contributed by atoms with Gasteiger partial charge in [0, 0.05) is 23.2 Å². The van der Waals surface area contributed by atoms with E-state index in [1.54, 1.807) is 13.8 Å². The van der Waals surface area contributed by atoms with Crippen molar-refractivity contribution in [1.82, 2.24) is 10.0 Å². The first-order valence-corrected chi connectivity index (χ1v) is 8.44. The molecular weight excluding hydrogens is 319 g/mol. The number of hydrogen-bond acceptors (Lipinski definition) is 3. The van der Waals surface area contributed by atoms with Crippen molar-refractivity contribution in [2.45, 2.75) is 26.3 Å². The Morgan fingerprint density at radius 3 is 2.62 bits per heavy atom. The van der Waals surface area contributed by atoms with Crippen molar-refractivity contribution in [2.75, 3.05) is 12.3 Å². The average Bonchev–Trinajstić information content (AvgIpc) is 2.32. The maximum atomic E-state index is 13.5. The quantitative estimate of drug-likeness (QED) is 0.791. The van der Waals surface area contributed by atoms with Gasteiger partial charge in [0.15, 0.2) is 0 Å². The van der Waals surface area contributed by atoms with E-state index in [1.165, 1.54) is 18.2 Å². The molecule has 0 fully saturated rings. The highest BCUT2D eigenvalue weighted by Crippen LogP contribution is 2.19. The topological polar surface area (TPSA) is 75.3 Å². The molecule has 1 aromatic rings.